The molecule has 4 nitrogen and oxygen atoms in total. The molecule has 24 heavy (non-hydrogen) atoms. The average Bonchev–Trinajstić information content (AvgIpc) is 2.65. The molecule has 1 aliphatic heterocycles. The molecule has 4 heteroatoms. The Balaban J connectivity index is 1.74. The highest BCUT2D eigenvalue weighted by molar-refractivity contribution is 6.03. The fourth-order valence-electron chi connectivity index (χ4n) is 3.13. The van der Waals surface area contributed by atoms with Gasteiger partial charge in [0, 0.05) is 25.0 Å². The Hall–Kier alpha value is -1.91. The second-order valence-corrected chi connectivity index (χ2v) is 6.06. The SMILES string of the molecule is CCC(=O)N(CCOC1CCCCO1)c1cccc2ccccc12. The molecule has 0 saturated carbocycles. The number of rotatable bonds is 6. The third-order valence-electron chi connectivity index (χ3n) is 4.42. The minimum atomic E-state index is -0.121. The number of ether oxygens (including phenoxy) is 2. The molecule has 0 aliphatic carbocycles. The molecule has 1 aliphatic rings. The normalized spacial score (nSPS) is 17.8. The fourth-order valence-corrected chi connectivity index (χ4v) is 3.13. The van der Waals surface area contributed by atoms with Crippen LogP contribution in [0.1, 0.15) is 32.6 Å². The molecule has 0 bridgehead atoms. The Morgan fingerprint density at radius 1 is 1.21 bits per heavy atom. The number of anilines is 1. The van der Waals surface area contributed by atoms with E-state index in [1.807, 2.05) is 36.1 Å². The quantitative estimate of drug-likeness (QED) is 0.801. The van der Waals surface area contributed by atoms with Gasteiger partial charge < -0.3 is 14.4 Å². The molecule has 1 fully saturated rings. The molecule has 0 radical (unpaired) electrons. The second-order valence-electron chi connectivity index (χ2n) is 6.06. The number of fused-ring (bicyclic) bond motifs is 1. The smallest absolute Gasteiger partial charge is 0.226 e. The molecule has 1 atom stereocenters. The van der Waals surface area contributed by atoms with Crippen molar-refractivity contribution in [1.29, 1.82) is 0 Å². The van der Waals surface area contributed by atoms with E-state index in [0.29, 0.717) is 19.6 Å². The lowest BCUT2D eigenvalue weighted by atomic mass is 10.1. The van der Waals surface area contributed by atoms with Crippen LogP contribution >= 0.6 is 0 Å². The maximum Gasteiger partial charge on any atom is 0.226 e. The van der Waals surface area contributed by atoms with Crippen molar-refractivity contribution in [2.24, 2.45) is 0 Å². The van der Waals surface area contributed by atoms with Gasteiger partial charge in [0.25, 0.3) is 0 Å². The van der Waals surface area contributed by atoms with Gasteiger partial charge in [-0.05, 0) is 30.7 Å². The number of carbonyl (C=O) groups excluding carboxylic acids is 1. The van der Waals surface area contributed by atoms with Crippen LogP contribution in [0.4, 0.5) is 5.69 Å². The number of hydrogen-bond donors (Lipinski definition) is 0. The number of carbonyl (C=O) groups is 1. The summed E-state index contributed by atoms with van der Waals surface area (Å²) in [5, 5.41) is 2.23. The molecule has 2 aromatic rings. The molecular formula is C20H25NO3. The monoisotopic (exact) mass is 327 g/mol. The molecule has 0 spiro atoms. The highest BCUT2D eigenvalue weighted by atomic mass is 16.7. The Morgan fingerprint density at radius 3 is 2.83 bits per heavy atom. The average molecular weight is 327 g/mol. The van der Waals surface area contributed by atoms with E-state index in [-0.39, 0.29) is 12.2 Å². The van der Waals surface area contributed by atoms with E-state index in [2.05, 4.69) is 18.2 Å². The van der Waals surface area contributed by atoms with E-state index in [1.54, 1.807) is 0 Å². The van der Waals surface area contributed by atoms with Gasteiger partial charge in [0.1, 0.15) is 0 Å². The van der Waals surface area contributed by atoms with E-state index in [0.717, 1.165) is 42.3 Å². The highest BCUT2D eigenvalue weighted by Crippen LogP contribution is 2.27. The number of amides is 1. The van der Waals surface area contributed by atoms with Crippen LogP contribution in [-0.4, -0.2) is 32.0 Å². The summed E-state index contributed by atoms with van der Waals surface area (Å²) >= 11 is 0. The van der Waals surface area contributed by atoms with Crippen LogP contribution in [0.5, 0.6) is 0 Å². The summed E-state index contributed by atoms with van der Waals surface area (Å²) in [6.45, 7) is 3.69. The maximum absolute atomic E-state index is 12.5. The number of benzene rings is 2. The summed E-state index contributed by atoms with van der Waals surface area (Å²) in [6, 6.07) is 14.2. The van der Waals surface area contributed by atoms with Crippen LogP contribution in [0, 0.1) is 0 Å². The van der Waals surface area contributed by atoms with Crippen molar-refractivity contribution in [3.8, 4) is 0 Å². The van der Waals surface area contributed by atoms with Gasteiger partial charge in [-0.15, -0.1) is 0 Å². The maximum atomic E-state index is 12.5. The first-order chi connectivity index (χ1) is 11.8. The Labute approximate surface area is 143 Å². The summed E-state index contributed by atoms with van der Waals surface area (Å²) in [7, 11) is 0. The standard InChI is InChI=1S/C20H25NO3/c1-2-19(22)21(13-15-24-20-12-5-6-14-23-20)18-11-7-9-16-8-3-4-10-17(16)18/h3-4,7-11,20H,2,5-6,12-15H2,1H3. The van der Waals surface area contributed by atoms with E-state index >= 15 is 0 Å². The molecule has 1 heterocycles. The summed E-state index contributed by atoms with van der Waals surface area (Å²) < 4.78 is 11.4. The number of hydrogen-bond acceptors (Lipinski definition) is 3. The van der Waals surface area contributed by atoms with Crippen molar-refractivity contribution in [3.05, 3.63) is 42.5 Å². The lowest BCUT2D eigenvalue weighted by Gasteiger charge is -2.27. The van der Waals surface area contributed by atoms with Gasteiger partial charge in [-0.2, -0.15) is 0 Å². The van der Waals surface area contributed by atoms with Gasteiger partial charge in [0.15, 0.2) is 6.29 Å². The Kier molecular flexibility index (Phi) is 5.83. The second kappa shape index (κ2) is 8.27. The van der Waals surface area contributed by atoms with E-state index < -0.39 is 0 Å². The molecule has 0 N–H and O–H groups in total. The van der Waals surface area contributed by atoms with Gasteiger partial charge in [-0.25, -0.2) is 0 Å². The van der Waals surface area contributed by atoms with Crippen LogP contribution < -0.4 is 4.90 Å². The topological polar surface area (TPSA) is 38.8 Å². The van der Waals surface area contributed by atoms with Gasteiger partial charge in [0.05, 0.1) is 12.3 Å². The minimum absolute atomic E-state index is 0.111. The number of nitrogens with zero attached hydrogens (tertiary/aromatic N) is 1. The van der Waals surface area contributed by atoms with Crippen LogP contribution in [0.3, 0.4) is 0 Å². The van der Waals surface area contributed by atoms with Crippen LogP contribution in [0.2, 0.25) is 0 Å². The summed E-state index contributed by atoms with van der Waals surface area (Å²) in [6.07, 6.45) is 3.55. The first kappa shape index (κ1) is 16.9. The first-order valence-corrected chi connectivity index (χ1v) is 8.81. The third-order valence-corrected chi connectivity index (χ3v) is 4.42. The summed E-state index contributed by atoms with van der Waals surface area (Å²) in [4.78, 5) is 14.3. The summed E-state index contributed by atoms with van der Waals surface area (Å²) in [5.74, 6) is 0.111. The molecule has 1 amide bonds. The molecule has 1 saturated heterocycles. The zero-order valence-corrected chi connectivity index (χ0v) is 14.2. The molecule has 0 aromatic heterocycles. The zero-order chi connectivity index (χ0) is 16.8. The highest BCUT2D eigenvalue weighted by Gasteiger charge is 2.18. The van der Waals surface area contributed by atoms with Gasteiger partial charge in [-0.1, -0.05) is 43.3 Å². The predicted octanol–water partition coefficient (Wildman–Crippen LogP) is 4.13. The molecule has 1 unspecified atom stereocenters. The first-order valence-electron chi connectivity index (χ1n) is 8.81. The molecular weight excluding hydrogens is 302 g/mol. The van der Waals surface area contributed by atoms with Crippen molar-refractivity contribution in [1.82, 2.24) is 0 Å². The predicted molar refractivity (Wildman–Crippen MR) is 96.1 cm³/mol. The third kappa shape index (κ3) is 3.94. The van der Waals surface area contributed by atoms with Crippen LogP contribution in [-0.2, 0) is 14.3 Å². The Morgan fingerprint density at radius 2 is 2.04 bits per heavy atom. The van der Waals surface area contributed by atoms with Crippen molar-refractivity contribution in [2.75, 3.05) is 24.7 Å². The largest absolute Gasteiger partial charge is 0.353 e. The fraction of sp³-hybridized carbons (Fsp3) is 0.450. The van der Waals surface area contributed by atoms with E-state index in [4.69, 9.17) is 9.47 Å². The van der Waals surface area contributed by atoms with Crippen molar-refractivity contribution >= 4 is 22.4 Å². The molecule has 3 rings (SSSR count). The van der Waals surface area contributed by atoms with Gasteiger partial charge in [-0.3, -0.25) is 4.79 Å². The molecule has 2 aromatic carbocycles. The van der Waals surface area contributed by atoms with Crippen molar-refractivity contribution in [3.63, 3.8) is 0 Å². The summed E-state index contributed by atoms with van der Waals surface area (Å²) in [5.41, 5.74) is 0.952. The minimum Gasteiger partial charge on any atom is -0.353 e. The van der Waals surface area contributed by atoms with E-state index in [1.165, 1.54) is 0 Å². The van der Waals surface area contributed by atoms with Gasteiger partial charge >= 0.3 is 0 Å². The van der Waals surface area contributed by atoms with Gasteiger partial charge in [0.2, 0.25) is 5.91 Å². The molecule has 128 valence electrons. The Bertz CT molecular complexity index is 674. The van der Waals surface area contributed by atoms with Crippen molar-refractivity contribution in [2.45, 2.75) is 38.9 Å². The lowest BCUT2D eigenvalue weighted by molar-refractivity contribution is -0.161. The van der Waals surface area contributed by atoms with Crippen molar-refractivity contribution < 1.29 is 14.3 Å². The zero-order valence-electron chi connectivity index (χ0n) is 14.2. The van der Waals surface area contributed by atoms with E-state index in [9.17, 15) is 4.79 Å². The van der Waals surface area contributed by atoms with Crippen LogP contribution in [0.15, 0.2) is 42.5 Å². The van der Waals surface area contributed by atoms with Crippen LogP contribution in [0.25, 0.3) is 10.8 Å². The lowest BCUT2D eigenvalue weighted by Crippen LogP contribution is -2.35.